The van der Waals surface area contributed by atoms with Crippen molar-refractivity contribution < 1.29 is 14.3 Å². The molecule has 4 heteroatoms. The van der Waals surface area contributed by atoms with Crippen LogP contribution < -0.4 is 9.47 Å². The first-order chi connectivity index (χ1) is 13.6. The van der Waals surface area contributed by atoms with E-state index < -0.39 is 0 Å². The second-order valence-electron chi connectivity index (χ2n) is 7.10. The molecule has 152 valence electrons. The maximum atomic E-state index is 11.5. The number of hydrogen-bond donors (Lipinski definition) is 0. The molecule has 0 atom stereocenters. The summed E-state index contributed by atoms with van der Waals surface area (Å²) in [4.78, 5) is 13.0. The van der Waals surface area contributed by atoms with Crippen molar-refractivity contribution in [2.24, 2.45) is 0 Å². The lowest BCUT2D eigenvalue weighted by Crippen LogP contribution is -2.29. The molecule has 28 heavy (non-hydrogen) atoms. The van der Waals surface area contributed by atoms with Crippen LogP contribution in [0, 0.1) is 0 Å². The molecule has 0 heterocycles. The molecule has 1 amide bonds. The van der Waals surface area contributed by atoms with Crippen molar-refractivity contribution in [1.82, 2.24) is 4.90 Å². The highest BCUT2D eigenvalue weighted by Gasteiger charge is 2.05. The first-order valence-electron chi connectivity index (χ1n) is 10.3. The third kappa shape index (κ3) is 7.26. The molecule has 0 saturated carbocycles. The molecule has 0 saturated heterocycles. The van der Waals surface area contributed by atoms with Gasteiger partial charge in [0.05, 0.1) is 13.2 Å². The van der Waals surface area contributed by atoms with Gasteiger partial charge in [0.2, 0.25) is 5.91 Å². The Morgan fingerprint density at radius 1 is 0.929 bits per heavy atom. The number of ether oxygens (including phenoxy) is 2. The number of amides is 1. The molecule has 0 aliphatic heterocycles. The van der Waals surface area contributed by atoms with Crippen molar-refractivity contribution in [1.29, 1.82) is 0 Å². The van der Waals surface area contributed by atoms with Gasteiger partial charge in [0, 0.05) is 7.05 Å². The van der Waals surface area contributed by atoms with E-state index in [0.717, 1.165) is 35.3 Å². The molecular formula is C24H33NO3. The Morgan fingerprint density at radius 2 is 1.50 bits per heavy atom. The Balaban J connectivity index is 1.79. The van der Waals surface area contributed by atoms with E-state index in [2.05, 4.69) is 25.6 Å². The molecule has 0 aliphatic rings. The molecular weight excluding hydrogens is 350 g/mol. The molecule has 0 fully saturated rings. The largest absolute Gasteiger partial charge is 0.494 e. The molecule has 2 rings (SSSR count). The summed E-state index contributed by atoms with van der Waals surface area (Å²) in [6.45, 7) is 7.47. The lowest BCUT2D eigenvalue weighted by molar-refractivity contribution is -0.125. The lowest BCUT2D eigenvalue weighted by atomic mass is 10.1. The number of unbranched alkanes of at least 4 members (excludes halogenated alkanes) is 5. The zero-order valence-corrected chi connectivity index (χ0v) is 17.3. The van der Waals surface area contributed by atoms with E-state index >= 15 is 0 Å². The van der Waals surface area contributed by atoms with Gasteiger partial charge in [-0.25, -0.2) is 0 Å². The van der Waals surface area contributed by atoms with E-state index in [1.54, 1.807) is 11.9 Å². The van der Waals surface area contributed by atoms with Gasteiger partial charge in [-0.05, 0) is 47.5 Å². The third-order valence-corrected chi connectivity index (χ3v) is 4.80. The van der Waals surface area contributed by atoms with Crippen LogP contribution in [-0.2, 0) is 4.79 Å². The van der Waals surface area contributed by atoms with Crippen LogP contribution in [0.5, 0.6) is 11.5 Å². The Bertz CT molecular complexity index is 757. The number of carbonyl (C=O) groups is 1. The molecule has 0 N–H and O–H groups in total. The average molecular weight is 384 g/mol. The summed E-state index contributed by atoms with van der Waals surface area (Å²) in [6.07, 6.45) is 8.90. The van der Waals surface area contributed by atoms with E-state index in [0.29, 0.717) is 13.2 Å². The van der Waals surface area contributed by atoms with Gasteiger partial charge in [-0.2, -0.15) is 0 Å². The van der Waals surface area contributed by atoms with Gasteiger partial charge in [0.25, 0.3) is 0 Å². The van der Waals surface area contributed by atoms with Crippen molar-refractivity contribution in [2.75, 3.05) is 26.8 Å². The maximum Gasteiger partial charge on any atom is 0.245 e. The molecule has 0 spiro atoms. The fourth-order valence-electron chi connectivity index (χ4n) is 3.02. The minimum Gasteiger partial charge on any atom is -0.494 e. The number of carbonyl (C=O) groups excluding carboxylic acids is 1. The van der Waals surface area contributed by atoms with Crippen LogP contribution >= 0.6 is 0 Å². The van der Waals surface area contributed by atoms with Crippen LogP contribution in [0.1, 0.15) is 45.4 Å². The first-order valence-corrected chi connectivity index (χ1v) is 10.3. The number of hydrogen-bond acceptors (Lipinski definition) is 3. The summed E-state index contributed by atoms with van der Waals surface area (Å²) in [6, 6.07) is 12.2. The van der Waals surface area contributed by atoms with Crippen molar-refractivity contribution in [3.8, 4) is 11.5 Å². The highest BCUT2D eigenvalue weighted by molar-refractivity contribution is 5.86. The van der Waals surface area contributed by atoms with Gasteiger partial charge >= 0.3 is 0 Å². The van der Waals surface area contributed by atoms with E-state index in [1.165, 1.54) is 38.2 Å². The van der Waals surface area contributed by atoms with Gasteiger partial charge in [0.1, 0.15) is 18.1 Å². The van der Waals surface area contributed by atoms with E-state index in [9.17, 15) is 4.79 Å². The van der Waals surface area contributed by atoms with Crippen LogP contribution in [0.2, 0.25) is 0 Å². The van der Waals surface area contributed by atoms with Crippen LogP contribution in [0.25, 0.3) is 10.8 Å². The van der Waals surface area contributed by atoms with E-state index in [4.69, 9.17) is 9.47 Å². The van der Waals surface area contributed by atoms with E-state index in [-0.39, 0.29) is 5.91 Å². The Hall–Kier alpha value is -2.49. The van der Waals surface area contributed by atoms with Crippen molar-refractivity contribution >= 4 is 16.7 Å². The van der Waals surface area contributed by atoms with Crippen LogP contribution in [0.3, 0.4) is 0 Å². The van der Waals surface area contributed by atoms with Crippen molar-refractivity contribution in [3.63, 3.8) is 0 Å². The molecule has 0 aliphatic carbocycles. The summed E-state index contributed by atoms with van der Waals surface area (Å²) >= 11 is 0. The van der Waals surface area contributed by atoms with Crippen LogP contribution in [0.15, 0.2) is 49.1 Å². The molecule has 4 nitrogen and oxygen atoms in total. The maximum absolute atomic E-state index is 11.5. The molecule has 2 aromatic rings. The second kappa shape index (κ2) is 12.1. The second-order valence-corrected chi connectivity index (χ2v) is 7.10. The molecule has 0 radical (unpaired) electrons. The zero-order valence-electron chi connectivity index (χ0n) is 17.3. The summed E-state index contributed by atoms with van der Waals surface area (Å²) in [5.41, 5.74) is 0. The highest BCUT2D eigenvalue weighted by atomic mass is 16.5. The van der Waals surface area contributed by atoms with Gasteiger partial charge in [-0.15, -0.1) is 0 Å². The standard InChI is InChI=1S/C24H33NO3/c1-4-6-7-8-9-10-16-27-22-13-11-21-19-23(14-12-20(21)18-22)28-17-15-25(3)24(26)5-2/h5,11-14,18-19H,2,4,6-10,15-17H2,1,3H3. The lowest BCUT2D eigenvalue weighted by Gasteiger charge is -2.15. The van der Waals surface area contributed by atoms with Gasteiger partial charge < -0.3 is 14.4 Å². The minimum absolute atomic E-state index is 0.101. The van der Waals surface area contributed by atoms with Crippen LogP contribution in [-0.4, -0.2) is 37.6 Å². The number of benzene rings is 2. The van der Waals surface area contributed by atoms with Crippen LogP contribution in [0.4, 0.5) is 0 Å². The van der Waals surface area contributed by atoms with Crippen molar-refractivity contribution in [2.45, 2.75) is 45.4 Å². The quantitative estimate of drug-likeness (QED) is 0.334. The van der Waals surface area contributed by atoms with Gasteiger partial charge in [0.15, 0.2) is 0 Å². The first kappa shape index (κ1) is 21.8. The zero-order chi connectivity index (χ0) is 20.2. The molecule has 2 aromatic carbocycles. The Kier molecular flexibility index (Phi) is 9.40. The summed E-state index contributed by atoms with van der Waals surface area (Å²) in [5.74, 6) is 1.61. The number of fused-ring (bicyclic) bond motifs is 1. The third-order valence-electron chi connectivity index (χ3n) is 4.80. The number of likely N-dealkylation sites (N-methyl/N-ethyl adjacent to an activating group) is 1. The van der Waals surface area contributed by atoms with Gasteiger partial charge in [-0.1, -0.05) is 57.7 Å². The fourth-order valence-corrected chi connectivity index (χ4v) is 3.02. The predicted molar refractivity (Wildman–Crippen MR) is 116 cm³/mol. The van der Waals surface area contributed by atoms with Gasteiger partial charge in [-0.3, -0.25) is 4.79 Å². The SMILES string of the molecule is C=CC(=O)N(C)CCOc1ccc2cc(OCCCCCCCC)ccc2c1. The topological polar surface area (TPSA) is 38.8 Å². The van der Waals surface area contributed by atoms with Crippen molar-refractivity contribution in [3.05, 3.63) is 49.1 Å². The number of nitrogens with zero attached hydrogens (tertiary/aromatic N) is 1. The number of rotatable bonds is 13. The Morgan fingerprint density at radius 3 is 2.11 bits per heavy atom. The van der Waals surface area contributed by atoms with E-state index in [1.807, 2.05) is 24.3 Å². The smallest absolute Gasteiger partial charge is 0.245 e. The summed E-state index contributed by atoms with van der Waals surface area (Å²) < 4.78 is 11.7. The summed E-state index contributed by atoms with van der Waals surface area (Å²) in [5, 5.41) is 2.24. The summed E-state index contributed by atoms with van der Waals surface area (Å²) in [7, 11) is 1.74. The fraction of sp³-hybridized carbons (Fsp3) is 0.458. The average Bonchev–Trinajstić information content (AvgIpc) is 2.72. The normalized spacial score (nSPS) is 10.6. The molecule has 0 aromatic heterocycles. The molecule has 0 unspecified atom stereocenters. The Labute approximate surface area is 169 Å². The minimum atomic E-state index is -0.101. The predicted octanol–water partition coefficient (Wildman–Crippen LogP) is 5.60. The monoisotopic (exact) mass is 383 g/mol. The highest BCUT2D eigenvalue weighted by Crippen LogP contribution is 2.25. The molecule has 0 bridgehead atoms.